The van der Waals surface area contributed by atoms with Gasteiger partial charge in [-0.15, -0.1) is 11.3 Å². The zero-order valence-corrected chi connectivity index (χ0v) is 21.2. The van der Waals surface area contributed by atoms with Crippen LogP contribution in [0.4, 0.5) is 5.69 Å². The molecule has 0 aliphatic carbocycles. The SMILES string of the molecule is COCCCN1C(=O)c2cccc3c(CC(=O)C4CCCCN4S(=O)(=O)c4cccs4)ccc1c23. The number of carbonyl (C=O) groups excluding carboxylic acids is 2. The molecule has 1 amide bonds. The molecule has 1 saturated heterocycles. The Morgan fingerprint density at radius 3 is 2.77 bits per heavy atom. The molecule has 1 fully saturated rings. The summed E-state index contributed by atoms with van der Waals surface area (Å²) in [6.07, 6.45) is 2.95. The van der Waals surface area contributed by atoms with Crippen LogP contribution in [-0.2, 0) is 26.0 Å². The van der Waals surface area contributed by atoms with E-state index >= 15 is 0 Å². The molecule has 0 saturated carbocycles. The van der Waals surface area contributed by atoms with Crippen LogP contribution in [0.5, 0.6) is 0 Å². The standard InChI is InChI=1S/C26H28N2O5S2/c1-33-15-6-13-27-22-12-11-18(19-7-4-8-20(25(19)22)26(27)30)17-23(29)21-9-2-3-14-28(21)35(31,32)24-10-5-16-34-24/h4-5,7-8,10-12,16,21H,2-3,6,9,13-15,17H2,1H3. The number of methoxy groups -OCH3 is 1. The summed E-state index contributed by atoms with van der Waals surface area (Å²) in [6.45, 7) is 1.49. The number of benzene rings is 2. The second-order valence-corrected chi connectivity index (χ2v) is 12.0. The van der Waals surface area contributed by atoms with Gasteiger partial charge in [0.05, 0.1) is 11.7 Å². The third kappa shape index (κ3) is 4.31. The van der Waals surface area contributed by atoms with Gasteiger partial charge in [0.25, 0.3) is 15.9 Å². The highest BCUT2D eigenvalue weighted by Gasteiger charge is 2.38. The molecule has 184 valence electrons. The number of anilines is 1. The van der Waals surface area contributed by atoms with E-state index in [0.717, 1.165) is 41.3 Å². The Kier molecular flexibility index (Phi) is 6.76. The molecule has 0 N–H and O–H groups in total. The van der Waals surface area contributed by atoms with Gasteiger partial charge >= 0.3 is 0 Å². The zero-order valence-electron chi connectivity index (χ0n) is 19.6. The molecule has 0 spiro atoms. The molecule has 2 aliphatic rings. The predicted octanol–water partition coefficient (Wildman–Crippen LogP) is 4.25. The lowest BCUT2D eigenvalue weighted by Gasteiger charge is -2.33. The Bertz CT molecular complexity index is 1370. The van der Waals surface area contributed by atoms with E-state index in [9.17, 15) is 18.0 Å². The van der Waals surface area contributed by atoms with Crippen LogP contribution in [0.3, 0.4) is 0 Å². The van der Waals surface area contributed by atoms with Gasteiger partial charge < -0.3 is 9.64 Å². The summed E-state index contributed by atoms with van der Waals surface area (Å²) >= 11 is 1.18. The van der Waals surface area contributed by atoms with Crippen LogP contribution < -0.4 is 4.90 Å². The highest BCUT2D eigenvalue weighted by atomic mass is 32.2. The number of thiophene rings is 1. The summed E-state index contributed by atoms with van der Waals surface area (Å²) in [5.41, 5.74) is 2.32. The maximum atomic E-state index is 13.5. The average molecular weight is 513 g/mol. The van der Waals surface area contributed by atoms with Crippen LogP contribution in [-0.4, -0.2) is 57.3 Å². The maximum Gasteiger partial charge on any atom is 0.258 e. The number of carbonyl (C=O) groups is 2. The van der Waals surface area contributed by atoms with Gasteiger partial charge in [0, 0.05) is 44.2 Å². The number of Topliss-reactive ketones (excluding diaryl/α,β-unsaturated/α-hetero) is 1. The van der Waals surface area contributed by atoms with Gasteiger partial charge in [-0.05, 0) is 53.8 Å². The molecule has 9 heteroatoms. The number of hydrogen-bond acceptors (Lipinski definition) is 6. The highest BCUT2D eigenvalue weighted by molar-refractivity contribution is 7.91. The smallest absolute Gasteiger partial charge is 0.258 e. The summed E-state index contributed by atoms with van der Waals surface area (Å²) in [7, 11) is -2.06. The Hall–Kier alpha value is -2.59. The second-order valence-electron chi connectivity index (χ2n) is 8.98. The lowest BCUT2D eigenvalue weighted by atomic mass is 9.93. The van der Waals surface area contributed by atoms with Gasteiger partial charge in [0.15, 0.2) is 5.78 Å². The van der Waals surface area contributed by atoms with Crippen LogP contribution in [0.15, 0.2) is 52.1 Å². The van der Waals surface area contributed by atoms with Gasteiger partial charge in [-0.3, -0.25) is 9.59 Å². The molecule has 2 aromatic carbocycles. The second kappa shape index (κ2) is 9.81. The number of ketones is 1. The monoisotopic (exact) mass is 512 g/mol. The van der Waals surface area contributed by atoms with Gasteiger partial charge in [-0.25, -0.2) is 8.42 Å². The lowest BCUT2D eigenvalue weighted by molar-refractivity contribution is -0.122. The Labute approximate surface area is 209 Å². The third-order valence-corrected chi connectivity index (χ3v) is 10.1. The summed E-state index contributed by atoms with van der Waals surface area (Å²) in [4.78, 5) is 28.4. The first-order valence-electron chi connectivity index (χ1n) is 11.9. The van der Waals surface area contributed by atoms with Crippen LogP contribution in [0.25, 0.3) is 10.8 Å². The molecule has 3 aromatic rings. The van der Waals surface area contributed by atoms with Gasteiger partial charge in [-0.2, -0.15) is 4.31 Å². The van der Waals surface area contributed by atoms with Crippen LogP contribution >= 0.6 is 11.3 Å². The summed E-state index contributed by atoms with van der Waals surface area (Å²) in [5, 5.41) is 3.48. The number of piperidine rings is 1. The highest BCUT2D eigenvalue weighted by Crippen LogP contribution is 2.39. The van der Waals surface area contributed by atoms with Gasteiger partial charge in [-0.1, -0.05) is 30.7 Å². The maximum absolute atomic E-state index is 13.5. The molecule has 7 nitrogen and oxygen atoms in total. The van der Waals surface area contributed by atoms with E-state index in [-0.39, 0.29) is 22.3 Å². The van der Waals surface area contributed by atoms with Crippen molar-refractivity contribution in [1.29, 1.82) is 0 Å². The van der Waals surface area contributed by atoms with Crippen molar-refractivity contribution in [2.75, 3.05) is 31.7 Å². The normalized spacial score (nSPS) is 18.5. The van der Waals surface area contributed by atoms with Crippen molar-refractivity contribution in [2.45, 2.75) is 42.4 Å². The number of ether oxygens (including phenoxy) is 1. The fraction of sp³-hybridized carbons (Fsp3) is 0.385. The number of hydrogen-bond donors (Lipinski definition) is 0. The molecule has 1 atom stereocenters. The number of amides is 1. The molecule has 1 unspecified atom stereocenters. The van der Waals surface area contributed by atoms with E-state index in [0.29, 0.717) is 31.7 Å². The third-order valence-electron chi connectivity index (χ3n) is 6.85. The first-order chi connectivity index (χ1) is 16.9. The Morgan fingerprint density at radius 1 is 1.14 bits per heavy atom. The quantitative estimate of drug-likeness (QED) is 0.400. The zero-order chi connectivity index (χ0) is 24.6. The molecule has 0 radical (unpaired) electrons. The minimum absolute atomic E-state index is 0.0364. The van der Waals surface area contributed by atoms with Crippen molar-refractivity contribution < 1.29 is 22.7 Å². The molecule has 35 heavy (non-hydrogen) atoms. The molecule has 2 aliphatic heterocycles. The van der Waals surface area contributed by atoms with E-state index in [1.54, 1.807) is 29.5 Å². The number of rotatable bonds is 9. The van der Waals surface area contributed by atoms with E-state index in [1.807, 2.05) is 30.3 Å². The van der Waals surface area contributed by atoms with E-state index in [2.05, 4.69) is 0 Å². The molecular formula is C26H28N2O5S2. The van der Waals surface area contributed by atoms with Crippen LogP contribution in [0.1, 0.15) is 41.6 Å². The lowest BCUT2D eigenvalue weighted by Crippen LogP contribution is -2.48. The summed E-state index contributed by atoms with van der Waals surface area (Å²) in [6, 6.07) is 12.1. The number of nitrogens with zero attached hydrogens (tertiary/aromatic N) is 2. The molecule has 0 bridgehead atoms. The van der Waals surface area contributed by atoms with Crippen LogP contribution in [0, 0.1) is 0 Å². The van der Waals surface area contributed by atoms with E-state index in [4.69, 9.17) is 4.74 Å². The predicted molar refractivity (Wildman–Crippen MR) is 137 cm³/mol. The van der Waals surface area contributed by atoms with Crippen LogP contribution in [0.2, 0.25) is 0 Å². The fourth-order valence-corrected chi connectivity index (χ4v) is 7.99. The summed E-state index contributed by atoms with van der Waals surface area (Å²) in [5.74, 6) is -0.141. The van der Waals surface area contributed by atoms with Gasteiger partial charge in [0.1, 0.15) is 4.21 Å². The summed E-state index contributed by atoms with van der Waals surface area (Å²) < 4.78 is 33.3. The molecule has 3 heterocycles. The molecule has 1 aromatic heterocycles. The van der Waals surface area contributed by atoms with E-state index in [1.165, 1.54) is 15.6 Å². The van der Waals surface area contributed by atoms with Crippen molar-refractivity contribution in [1.82, 2.24) is 4.31 Å². The van der Waals surface area contributed by atoms with Crippen molar-refractivity contribution in [3.8, 4) is 0 Å². The van der Waals surface area contributed by atoms with Gasteiger partial charge in [0.2, 0.25) is 0 Å². The molecular weight excluding hydrogens is 484 g/mol. The fourth-order valence-electron chi connectivity index (χ4n) is 5.20. The average Bonchev–Trinajstić information content (AvgIpc) is 3.51. The van der Waals surface area contributed by atoms with Crippen molar-refractivity contribution in [3.05, 3.63) is 59.0 Å². The first kappa shape index (κ1) is 24.1. The largest absolute Gasteiger partial charge is 0.385 e. The van der Waals surface area contributed by atoms with E-state index < -0.39 is 16.1 Å². The minimum atomic E-state index is -3.71. The molecule has 5 rings (SSSR count). The minimum Gasteiger partial charge on any atom is -0.385 e. The Balaban J connectivity index is 1.44. The van der Waals surface area contributed by atoms with Crippen molar-refractivity contribution >= 4 is 49.5 Å². The van der Waals surface area contributed by atoms with Crippen molar-refractivity contribution in [2.24, 2.45) is 0 Å². The first-order valence-corrected chi connectivity index (χ1v) is 14.2. The topological polar surface area (TPSA) is 84.0 Å². The number of sulfonamides is 1. The Morgan fingerprint density at radius 2 is 2.00 bits per heavy atom. The van der Waals surface area contributed by atoms with Crippen molar-refractivity contribution in [3.63, 3.8) is 0 Å².